The second kappa shape index (κ2) is 13.6. The molecule has 0 spiro atoms. The van der Waals surface area contributed by atoms with E-state index in [0.717, 1.165) is 37.8 Å². The van der Waals surface area contributed by atoms with Crippen LogP contribution in [0.4, 0.5) is 23.2 Å². The van der Waals surface area contributed by atoms with E-state index >= 15 is 0 Å². The van der Waals surface area contributed by atoms with Gasteiger partial charge in [0.2, 0.25) is 11.8 Å². The third kappa shape index (κ3) is 7.92. The smallest absolute Gasteiger partial charge is 0.352 e. The first-order valence-corrected chi connectivity index (χ1v) is 15.4. The summed E-state index contributed by atoms with van der Waals surface area (Å²) in [6, 6.07) is 15.0. The maximum absolute atomic E-state index is 14.0. The number of halogens is 4. The Morgan fingerprint density at radius 3 is 2.21 bits per heavy atom. The summed E-state index contributed by atoms with van der Waals surface area (Å²) >= 11 is 0. The molecule has 0 aromatic heterocycles. The van der Waals surface area contributed by atoms with Crippen LogP contribution in [0.2, 0.25) is 0 Å². The minimum atomic E-state index is -4.76. The lowest BCUT2D eigenvalue weighted by Gasteiger charge is -2.34. The number of sulfonamides is 1. The molecule has 0 unspecified atom stereocenters. The highest BCUT2D eigenvalue weighted by atomic mass is 32.2. The van der Waals surface area contributed by atoms with Crippen molar-refractivity contribution in [3.8, 4) is 0 Å². The fourth-order valence-corrected chi connectivity index (χ4v) is 6.59. The zero-order valence-electron chi connectivity index (χ0n) is 23.6. The quantitative estimate of drug-likeness (QED) is 0.271. The number of rotatable bonds is 11. The lowest BCUT2D eigenvalue weighted by atomic mass is 10.1. The predicted molar refractivity (Wildman–Crippen MR) is 154 cm³/mol. The molecule has 4 rings (SSSR count). The van der Waals surface area contributed by atoms with Crippen molar-refractivity contribution in [3.63, 3.8) is 0 Å². The van der Waals surface area contributed by atoms with Crippen LogP contribution < -0.4 is 9.62 Å². The van der Waals surface area contributed by atoms with E-state index in [1.54, 1.807) is 13.0 Å². The van der Waals surface area contributed by atoms with Gasteiger partial charge in [0.25, 0.3) is 10.0 Å². The van der Waals surface area contributed by atoms with Gasteiger partial charge < -0.3 is 10.2 Å². The third-order valence-corrected chi connectivity index (χ3v) is 9.21. The second-order valence-corrected chi connectivity index (χ2v) is 12.3. The summed E-state index contributed by atoms with van der Waals surface area (Å²) < 4.78 is 82.7. The Morgan fingerprint density at radius 1 is 0.953 bits per heavy atom. The number of benzene rings is 3. The summed E-state index contributed by atoms with van der Waals surface area (Å²) in [4.78, 5) is 28.5. The van der Waals surface area contributed by atoms with Gasteiger partial charge in [-0.3, -0.25) is 13.9 Å². The summed E-state index contributed by atoms with van der Waals surface area (Å²) in [6.45, 7) is 0.666. The fraction of sp³-hybridized carbons (Fsp3) is 0.355. The number of carbonyl (C=O) groups excluding carboxylic acids is 2. The number of carbonyl (C=O) groups is 2. The van der Waals surface area contributed by atoms with Gasteiger partial charge in [-0.25, -0.2) is 12.8 Å². The Hall–Kier alpha value is -3.93. The number of hydrogen-bond acceptors (Lipinski definition) is 4. The lowest BCUT2D eigenvalue weighted by molar-refractivity contribution is -0.140. The molecule has 0 bridgehead atoms. The molecule has 1 saturated carbocycles. The van der Waals surface area contributed by atoms with E-state index in [1.165, 1.54) is 59.5 Å². The minimum Gasteiger partial charge on any atom is -0.352 e. The molecule has 7 nitrogen and oxygen atoms in total. The minimum absolute atomic E-state index is 0.0515. The molecular formula is C31H33F4N3O4S. The highest BCUT2D eigenvalue weighted by Crippen LogP contribution is 2.33. The third-order valence-electron chi connectivity index (χ3n) is 7.43. The molecule has 0 saturated heterocycles. The van der Waals surface area contributed by atoms with Gasteiger partial charge in [-0.1, -0.05) is 56.2 Å². The number of nitrogens with zero attached hydrogens (tertiary/aromatic N) is 2. The molecule has 0 heterocycles. The van der Waals surface area contributed by atoms with E-state index in [0.29, 0.717) is 15.9 Å². The first-order chi connectivity index (χ1) is 20.4. The zero-order valence-corrected chi connectivity index (χ0v) is 24.4. The molecule has 1 aliphatic rings. The van der Waals surface area contributed by atoms with Crippen molar-refractivity contribution in [3.05, 3.63) is 95.8 Å². The maximum atomic E-state index is 14.0. The van der Waals surface area contributed by atoms with Gasteiger partial charge in [0, 0.05) is 12.6 Å². The first-order valence-electron chi connectivity index (χ1n) is 14.0. The highest BCUT2D eigenvalue weighted by molar-refractivity contribution is 7.92. The average molecular weight is 620 g/mol. The Bertz CT molecular complexity index is 1510. The van der Waals surface area contributed by atoms with Gasteiger partial charge in [0.15, 0.2) is 0 Å². The van der Waals surface area contributed by atoms with E-state index < -0.39 is 52.0 Å². The van der Waals surface area contributed by atoms with Crippen LogP contribution in [0.3, 0.4) is 0 Å². The standard InChI is InChI=1S/C31H33F4N3O4S/c1-2-28(30(40)36-25-10-6-7-11-25)37(20-22-15-17-24(32)18-16-22)29(39)21-38(43(41,42)27-13-4-3-5-14-27)26-12-8-9-23(19-26)31(33,34)35/h3-5,8-9,12-19,25,28H,2,6-7,10-11,20-21H2,1H3,(H,36,40)/t28-/m1/s1. The molecule has 3 aromatic rings. The van der Waals surface area contributed by atoms with Crippen LogP contribution in [-0.4, -0.2) is 43.8 Å². The van der Waals surface area contributed by atoms with Crippen molar-refractivity contribution < 1.29 is 35.6 Å². The Balaban J connectivity index is 1.74. The van der Waals surface area contributed by atoms with Crippen molar-refractivity contribution in [2.45, 2.75) is 68.7 Å². The predicted octanol–water partition coefficient (Wildman–Crippen LogP) is 5.91. The van der Waals surface area contributed by atoms with Gasteiger partial charge in [-0.2, -0.15) is 13.2 Å². The van der Waals surface area contributed by atoms with Gasteiger partial charge in [-0.15, -0.1) is 0 Å². The number of anilines is 1. The number of nitrogens with one attached hydrogen (secondary N) is 1. The normalized spacial score (nSPS) is 14.7. The van der Waals surface area contributed by atoms with Crippen LogP contribution in [0.5, 0.6) is 0 Å². The second-order valence-electron chi connectivity index (χ2n) is 10.4. The number of amides is 2. The van der Waals surface area contributed by atoms with Crippen molar-refractivity contribution in [1.82, 2.24) is 10.2 Å². The summed E-state index contributed by atoms with van der Waals surface area (Å²) in [5, 5.41) is 2.98. The molecule has 12 heteroatoms. The van der Waals surface area contributed by atoms with E-state index in [-0.39, 0.29) is 29.6 Å². The molecule has 2 amide bonds. The molecule has 1 aliphatic carbocycles. The molecule has 0 radical (unpaired) electrons. The average Bonchev–Trinajstić information content (AvgIpc) is 3.49. The molecule has 3 aromatic carbocycles. The monoisotopic (exact) mass is 619 g/mol. The molecule has 230 valence electrons. The lowest BCUT2D eigenvalue weighted by Crippen LogP contribution is -2.53. The fourth-order valence-electron chi connectivity index (χ4n) is 5.16. The van der Waals surface area contributed by atoms with E-state index in [1.807, 2.05) is 0 Å². The Kier molecular flexibility index (Phi) is 10.1. The maximum Gasteiger partial charge on any atom is 0.416 e. The Labute approximate surface area is 248 Å². The van der Waals surface area contributed by atoms with Crippen LogP contribution in [0.1, 0.15) is 50.2 Å². The SMILES string of the molecule is CC[C@H](C(=O)NC1CCCC1)N(Cc1ccc(F)cc1)C(=O)CN(c1cccc(C(F)(F)F)c1)S(=O)(=O)c1ccccc1. The molecule has 1 fully saturated rings. The van der Waals surface area contributed by atoms with Gasteiger partial charge in [0.1, 0.15) is 18.4 Å². The van der Waals surface area contributed by atoms with Gasteiger partial charge in [0.05, 0.1) is 16.1 Å². The van der Waals surface area contributed by atoms with E-state index in [2.05, 4.69) is 5.32 Å². The van der Waals surface area contributed by atoms with Crippen LogP contribution in [-0.2, 0) is 32.3 Å². The van der Waals surface area contributed by atoms with E-state index in [9.17, 15) is 35.6 Å². The summed E-state index contributed by atoms with van der Waals surface area (Å²) in [5.74, 6) is -1.73. The van der Waals surface area contributed by atoms with Gasteiger partial charge in [-0.05, 0) is 67.3 Å². The largest absolute Gasteiger partial charge is 0.416 e. The van der Waals surface area contributed by atoms with Crippen molar-refractivity contribution in [2.75, 3.05) is 10.8 Å². The Morgan fingerprint density at radius 2 is 1.60 bits per heavy atom. The molecule has 1 atom stereocenters. The molecular weight excluding hydrogens is 586 g/mol. The van der Waals surface area contributed by atoms with Crippen molar-refractivity contribution >= 4 is 27.5 Å². The molecule has 1 N–H and O–H groups in total. The summed E-state index contributed by atoms with van der Waals surface area (Å²) in [5.41, 5.74) is -0.966. The topological polar surface area (TPSA) is 86.8 Å². The van der Waals surface area contributed by atoms with Crippen LogP contribution in [0.15, 0.2) is 83.8 Å². The van der Waals surface area contributed by atoms with Crippen LogP contribution in [0.25, 0.3) is 0 Å². The van der Waals surface area contributed by atoms with Crippen molar-refractivity contribution in [2.24, 2.45) is 0 Å². The number of alkyl halides is 3. The van der Waals surface area contributed by atoms with Crippen molar-refractivity contribution in [1.29, 1.82) is 0 Å². The number of hydrogen-bond donors (Lipinski definition) is 1. The summed E-state index contributed by atoms with van der Waals surface area (Å²) in [7, 11) is -4.53. The van der Waals surface area contributed by atoms with Crippen LogP contribution in [0, 0.1) is 5.82 Å². The van der Waals surface area contributed by atoms with Gasteiger partial charge >= 0.3 is 6.18 Å². The summed E-state index contributed by atoms with van der Waals surface area (Å²) in [6.07, 6.45) is -1.06. The molecule has 43 heavy (non-hydrogen) atoms. The van der Waals surface area contributed by atoms with E-state index in [4.69, 9.17) is 0 Å². The van der Waals surface area contributed by atoms with Crippen LogP contribution >= 0.6 is 0 Å². The molecule has 0 aliphatic heterocycles. The highest BCUT2D eigenvalue weighted by Gasteiger charge is 2.36. The first kappa shape index (κ1) is 32.0. The zero-order chi connectivity index (χ0) is 31.2.